The van der Waals surface area contributed by atoms with E-state index in [1.54, 1.807) is 18.3 Å². The van der Waals surface area contributed by atoms with Crippen molar-refractivity contribution in [2.45, 2.75) is 63.6 Å². The Hall–Kier alpha value is -3.56. The number of piperidine rings is 1. The monoisotopic (exact) mass is 474 g/mol. The maximum Gasteiger partial charge on any atom is 0.273 e. The van der Waals surface area contributed by atoms with Crippen molar-refractivity contribution >= 4 is 23.6 Å². The molecule has 10 heteroatoms. The lowest BCUT2D eigenvalue weighted by Gasteiger charge is -2.29. The molecule has 4 fully saturated rings. The highest BCUT2D eigenvalue weighted by atomic mass is 16.2. The minimum Gasteiger partial charge on any atom is -0.348 e. The molecule has 0 radical (unpaired) electrons. The van der Waals surface area contributed by atoms with E-state index in [9.17, 15) is 19.2 Å². The molecule has 1 aromatic heterocycles. The van der Waals surface area contributed by atoms with Gasteiger partial charge >= 0.3 is 0 Å². The van der Waals surface area contributed by atoms with Crippen LogP contribution < -0.4 is 10.6 Å². The van der Waals surface area contributed by atoms with E-state index in [0.29, 0.717) is 29.0 Å². The zero-order valence-corrected chi connectivity index (χ0v) is 19.2. The molecule has 4 amide bonds. The SMILES string of the molecule is O=C1CCC(N2Cc3cc(-n4cc(C(=O)NC5CC6CC5CC65CC5)nn4)ccc3C2=O)C(=O)N1. The van der Waals surface area contributed by atoms with Crippen molar-refractivity contribution in [1.29, 1.82) is 0 Å². The quantitative estimate of drug-likeness (QED) is 0.644. The topological polar surface area (TPSA) is 126 Å². The summed E-state index contributed by atoms with van der Waals surface area (Å²) in [5, 5.41) is 13.7. The van der Waals surface area contributed by atoms with Crippen molar-refractivity contribution in [3.8, 4) is 5.69 Å². The molecule has 1 spiro atoms. The molecule has 2 aliphatic heterocycles. The summed E-state index contributed by atoms with van der Waals surface area (Å²) in [6.45, 7) is 0.280. The van der Waals surface area contributed by atoms with Crippen molar-refractivity contribution in [3.05, 3.63) is 41.2 Å². The number of carbonyl (C=O) groups is 4. The molecule has 4 atom stereocenters. The molecule has 3 saturated carbocycles. The minimum absolute atomic E-state index is 0.195. The molecule has 3 heterocycles. The number of fused-ring (bicyclic) bond motifs is 4. The summed E-state index contributed by atoms with van der Waals surface area (Å²) in [6.07, 6.45) is 8.44. The van der Waals surface area contributed by atoms with Crippen LogP contribution in [0.5, 0.6) is 0 Å². The van der Waals surface area contributed by atoms with Crippen LogP contribution in [0.3, 0.4) is 0 Å². The smallest absolute Gasteiger partial charge is 0.273 e. The van der Waals surface area contributed by atoms with Crippen LogP contribution in [0, 0.1) is 17.3 Å². The second kappa shape index (κ2) is 7.22. The van der Waals surface area contributed by atoms with Crippen molar-refractivity contribution < 1.29 is 19.2 Å². The van der Waals surface area contributed by atoms with Gasteiger partial charge in [0.25, 0.3) is 11.8 Å². The third-order valence-electron chi connectivity index (χ3n) is 8.94. The van der Waals surface area contributed by atoms with E-state index >= 15 is 0 Å². The number of hydrogen-bond acceptors (Lipinski definition) is 6. The first-order valence-electron chi connectivity index (χ1n) is 12.4. The maximum atomic E-state index is 12.9. The lowest BCUT2D eigenvalue weighted by Crippen LogP contribution is -2.52. The fraction of sp³-hybridized carbons (Fsp3) is 0.520. The van der Waals surface area contributed by atoms with Crippen LogP contribution in [-0.4, -0.2) is 55.6 Å². The summed E-state index contributed by atoms with van der Waals surface area (Å²) in [7, 11) is 0. The molecule has 7 rings (SSSR count). The van der Waals surface area contributed by atoms with Gasteiger partial charge in [-0.05, 0) is 79.5 Å². The number of imide groups is 1. The molecular weight excluding hydrogens is 448 g/mol. The summed E-state index contributed by atoms with van der Waals surface area (Å²) >= 11 is 0. The van der Waals surface area contributed by atoms with Crippen molar-refractivity contribution in [1.82, 2.24) is 30.5 Å². The Balaban J connectivity index is 1.05. The Labute approximate surface area is 201 Å². The second-order valence-corrected chi connectivity index (χ2v) is 10.9. The number of benzene rings is 1. The summed E-state index contributed by atoms with van der Waals surface area (Å²) in [4.78, 5) is 51.0. The zero-order valence-electron chi connectivity index (χ0n) is 19.2. The minimum atomic E-state index is -0.654. The Kier molecular flexibility index (Phi) is 4.29. The van der Waals surface area contributed by atoms with Gasteiger partial charge in [-0.15, -0.1) is 5.10 Å². The number of amides is 4. The van der Waals surface area contributed by atoms with Gasteiger partial charge < -0.3 is 10.2 Å². The predicted molar refractivity (Wildman–Crippen MR) is 121 cm³/mol. The van der Waals surface area contributed by atoms with Crippen molar-refractivity contribution in [3.63, 3.8) is 0 Å². The largest absolute Gasteiger partial charge is 0.348 e. The van der Waals surface area contributed by atoms with Crippen molar-refractivity contribution in [2.75, 3.05) is 0 Å². The summed E-state index contributed by atoms with van der Waals surface area (Å²) in [5.74, 6) is 0.191. The molecule has 3 aliphatic carbocycles. The summed E-state index contributed by atoms with van der Waals surface area (Å²) < 4.78 is 1.54. The van der Waals surface area contributed by atoms with Crippen LogP contribution in [0.15, 0.2) is 24.4 Å². The molecule has 35 heavy (non-hydrogen) atoms. The van der Waals surface area contributed by atoms with Gasteiger partial charge in [0.15, 0.2) is 5.69 Å². The lowest BCUT2D eigenvalue weighted by atomic mass is 9.83. The van der Waals surface area contributed by atoms with E-state index in [1.807, 2.05) is 6.07 Å². The van der Waals surface area contributed by atoms with Gasteiger partial charge in [0.2, 0.25) is 11.8 Å². The zero-order chi connectivity index (χ0) is 23.9. The highest BCUT2D eigenvalue weighted by Crippen LogP contribution is 2.68. The molecule has 10 nitrogen and oxygen atoms in total. The van der Waals surface area contributed by atoms with Gasteiger partial charge in [-0.3, -0.25) is 24.5 Å². The highest BCUT2D eigenvalue weighted by Gasteiger charge is 2.60. The molecule has 1 aromatic carbocycles. The maximum absolute atomic E-state index is 12.9. The van der Waals surface area contributed by atoms with Gasteiger partial charge in [0.1, 0.15) is 6.04 Å². The third-order valence-corrected chi connectivity index (χ3v) is 8.94. The average Bonchev–Trinajstić information content (AvgIpc) is 3.19. The first-order valence-corrected chi connectivity index (χ1v) is 12.4. The number of rotatable bonds is 4. The number of aromatic nitrogens is 3. The molecule has 1 saturated heterocycles. The standard InChI is InChI=1S/C25H26N6O4/c32-21-4-3-20(23(34)27-21)30-11-14-8-16(1-2-17(14)24(30)35)31-12-19(28-29-31)22(33)26-18-9-15-7-13(18)10-25(15)5-6-25/h1-2,8,12-13,15,18,20H,3-7,9-11H2,(H,26,33)(H,27,32,34). The van der Waals surface area contributed by atoms with E-state index in [4.69, 9.17) is 0 Å². The van der Waals surface area contributed by atoms with Crippen LogP contribution in [-0.2, 0) is 16.1 Å². The summed E-state index contributed by atoms with van der Waals surface area (Å²) in [6, 6.07) is 4.88. The highest BCUT2D eigenvalue weighted by molar-refractivity contribution is 6.05. The van der Waals surface area contributed by atoms with Crippen LogP contribution in [0.25, 0.3) is 5.69 Å². The Bertz CT molecular complexity index is 1300. The molecule has 4 unspecified atom stereocenters. The fourth-order valence-corrected chi connectivity index (χ4v) is 6.93. The molecular formula is C25H26N6O4. The van der Waals surface area contributed by atoms with E-state index in [0.717, 1.165) is 17.9 Å². The van der Waals surface area contributed by atoms with Gasteiger partial charge in [-0.25, -0.2) is 4.68 Å². The van der Waals surface area contributed by atoms with Gasteiger partial charge in [0.05, 0.1) is 11.9 Å². The van der Waals surface area contributed by atoms with E-state index < -0.39 is 11.9 Å². The van der Waals surface area contributed by atoms with Gasteiger partial charge in [-0.1, -0.05) is 5.21 Å². The Morgan fingerprint density at radius 3 is 2.77 bits per heavy atom. The molecule has 5 aliphatic rings. The van der Waals surface area contributed by atoms with E-state index in [1.165, 1.54) is 35.3 Å². The second-order valence-electron chi connectivity index (χ2n) is 10.9. The van der Waals surface area contributed by atoms with Crippen LogP contribution in [0.4, 0.5) is 0 Å². The molecule has 180 valence electrons. The predicted octanol–water partition coefficient (Wildman–Crippen LogP) is 1.34. The number of nitrogens with zero attached hydrogens (tertiary/aromatic N) is 4. The first-order chi connectivity index (χ1) is 16.9. The molecule has 2 aromatic rings. The fourth-order valence-electron chi connectivity index (χ4n) is 6.93. The van der Waals surface area contributed by atoms with Crippen LogP contribution in [0.1, 0.15) is 71.4 Å². The van der Waals surface area contributed by atoms with Gasteiger partial charge in [-0.2, -0.15) is 0 Å². The van der Waals surface area contributed by atoms with Crippen LogP contribution in [0.2, 0.25) is 0 Å². The van der Waals surface area contributed by atoms with E-state index in [2.05, 4.69) is 20.9 Å². The molecule has 2 N–H and O–H groups in total. The number of nitrogens with one attached hydrogen (secondary N) is 2. The van der Waals surface area contributed by atoms with E-state index in [-0.39, 0.29) is 42.4 Å². The van der Waals surface area contributed by atoms with Crippen molar-refractivity contribution in [2.24, 2.45) is 17.3 Å². The third kappa shape index (κ3) is 3.22. The van der Waals surface area contributed by atoms with Crippen LogP contribution >= 0.6 is 0 Å². The van der Waals surface area contributed by atoms with Gasteiger partial charge in [0, 0.05) is 24.6 Å². The average molecular weight is 475 g/mol. The molecule has 2 bridgehead atoms. The number of hydrogen-bond donors (Lipinski definition) is 2. The Morgan fingerprint density at radius 1 is 1.17 bits per heavy atom. The Morgan fingerprint density at radius 2 is 2.03 bits per heavy atom. The first kappa shape index (κ1) is 20.8. The normalized spacial score (nSPS) is 30.1. The summed E-state index contributed by atoms with van der Waals surface area (Å²) in [5.41, 5.74) is 2.87. The lowest BCUT2D eigenvalue weighted by molar-refractivity contribution is -0.136. The number of carbonyl (C=O) groups excluding carboxylic acids is 4.